The van der Waals surface area contributed by atoms with Crippen LogP contribution < -0.4 is 15.8 Å². The van der Waals surface area contributed by atoms with Crippen LogP contribution in [0.1, 0.15) is 34.1 Å². The Morgan fingerprint density at radius 3 is 2.72 bits per heavy atom. The minimum atomic E-state index is -0.585. The molecule has 0 bridgehead atoms. The molecule has 3 aromatic rings. The summed E-state index contributed by atoms with van der Waals surface area (Å²) < 4.78 is 19.4. The third-order valence-electron chi connectivity index (χ3n) is 4.84. The van der Waals surface area contributed by atoms with Gasteiger partial charge in [-0.1, -0.05) is 24.6 Å². The highest BCUT2D eigenvalue weighted by Crippen LogP contribution is 2.25. The Morgan fingerprint density at radius 2 is 2.03 bits per heavy atom. The summed E-state index contributed by atoms with van der Waals surface area (Å²) in [6, 6.07) is 9.07. The van der Waals surface area contributed by atoms with E-state index in [0.717, 1.165) is 17.3 Å². The predicted molar refractivity (Wildman–Crippen MR) is 124 cm³/mol. The molecule has 166 valence electrons. The van der Waals surface area contributed by atoms with Crippen LogP contribution >= 0.6 is 11.6 Å². The van der Waals surface area contributed by atoms with Crippen molar-refractivity contribution < 1.29 is 13.9 Å². The topological polar surface area (TPSA) is 102 Å². The Balaban J connectivity index is 1.77. The van der Waals surface area contributed by atoms with Crippen molar-refractivity contribution in [2.24, 2.45) is 4.99 Å². The Morgan fingerprint density at radius 1 is 1.25 bits per heavy atom. The van der Waals surface area contributed by atoms with Crippen molar-refractivity contribution in [2.75, 3.05) is 24.7 Å². The van der Waals surface area contributed by atoms with Gasteiger partial charge < -0.3 is 15.8 Å². The van der Waals surface area contributed by atoms with Gasteiger partial charge in [0.25, 0.3) is 5.91 Å². The molecule has 7 nitrogen and oxygen atoms in total. The predicted octanol–water partition coefficient (Wildman–Crippen LogP) is 4.47. The molecule has 0 fully saturated rings. The lowest BCUT2D eigenvalue weighted by Crippen LogP contribution is -2.19. The van der Waals surface area contributed by atoms with E-state index in [1.54, 1.807) is 19.2 Å². The Bertz CT molecular complexity index is 1180. The molecule has 3 N–H and O–H groups in total. The number of benzene rings is 2. The Hall–Kier alpha value is -3.52. The lowest BCUT2D eigenvalue weighted by atomic mass is 10.1. The van der Waals surface area contributed by atoms with Crippen LogP contribution in [0.25, 0.3) is 0 Å². The van der Waals surface area contributed by atoms with E-state index in [4.69, 9.17) is 22.1 Å². The van der Waals surface area contributed by atoms with Gasteiger partial charge in [-0.25, -0.2) is 14.4 Å². The van der Waals surface area contributed by atoms with E-state index < -0.39 is 11.7 Å². The van der Waals surface area contributed by atoms with Gasteiger partial charge in [-0.15, -0.1) is 0 Å². The zero-order valence-corrected chi connectivity index (χ0v) is 18.7. The van der Waals surface area contributed by atoms with Crippen molar-refractivity contribution in [1.29, 1.82) is 0 Å². The fraction of sp³-hybridized carbons (Fsp3) is 0.217. The number of rotatable bonds is 7. The molecule has 0 aliphatic carbocycles. The number of hydrogen-bond acceptors (Lipinski definition) is 6. The van der Waals surface area contributed by atoms with Gasteiger partial charge in [0.15, 0.2) is 0 Å². The summed E-state index contributed by atoms with van der Waals surface area (Å²) in [6.07, 6.45) is 2.10. The van der Waals surface area contributed by atoms with Crippen LogP contribution in [0, 0.1) is 12.7 Å². The summed E-state index contributed by atoms with van der Waals surface area (Å²) >= 11 is 5.77. The number of nitrogens with two attached hydrogens (primary N) is 1. The molecule has 2 aromatic carbocycles. The minimum Gasteiger partial charge on any atom is -0.487 e. The molecule has 0 saturated heterocycles. The number of ether oxygens (including phenoxy) is 1. The van der Waals surface area contributed by atoms with Gasteiger partial charge in [-0.2, -0.15) is 0 Å². The molecule has 3 rings (SSSR count). The van der Waals surface area contributed by atoms with Gasteiger partial charge in [0.05, 0.1) is 22.0 Å². The molecule has 0 saturated carbocycles. The summed E-state index contributed by atoms with van der Waals surface area (Å²) in [5.74, 6) is -0.0936. The zero-order chi connectivity index (χ0) is 23.3. The Labute approximate surface area is 190 Å². The number of amides is 1. The van der Waals surface area contributed by atoms with E-state index in [1.807, 2.05) is 19.9 Å². The van der Waals surface area contributed by atoms with Gasteiger partial charge in [0.1, 0.15) is 30.3 Å². The molecular formula is C23H23ClFN5O2. The smallest absolute Gasteiger partial charge is 0.255 e. The van der Waals surface area contributed by atoms with Gasteiger partial charge in [0, 0.05) is 24.4 Å². The number of nitrogens with zero attached hydrogens (tertiary/aromatic N) is 3. The first-order valence-electron chi connectivity index (χ1n) is 9.89. The SMILES string of the molecule is CCc1ncnc(N)c1C(COc1cc(NC(=O)c2ccc(F)c(Cl)c2)ccc1C)=NC. The Kier molecular flexibility index (Phi) is 7.37. The first-order valence-corrected chi connectivity index (χ1v) is 10.3. The lowest BCUT2D eigenvalue weighted by molar-refractivity contribution is 0.102. The van der Waals surface area contributed by atoms with Crippen LogP contribution in [-0.4, -0.2) is 35.2 Å². The molecule has 0 spiro atoms. The van der Waals surface area contributed by atoms with Gasteiger partial charge in [-0.3, -0.25) is 9.79 Å². The van der Waals surface area contributed by atoms with E-state index in [-0.39, 0.29) is 17.2 Å². The molecule has 0 aliphatic heterocycles. The van der Waals surface area contributed by atoms with Crippen molar-refractivity contribution in [1.82, 2.24) is 9.97 Å². The molecule has 1 heterocycles. The number of anilines is 2. The van der Waals surface area contributed by atoms with Crippen LogP contribution in [0.15, 0.2) is 47.7 Å². The van der Waals surface area contributed by atoms with Crippen LogP contribution in [0.5, 0.6) is 5.75 Å². The van der Waals surface area contributed by atoms with Gasteiger partial charge >= 0.3 is 0 Å². The number of aromatic nitrogens is 2. The standard InChI is InChI=1S/C23H23ClFN5O2/c1-4-18-21(22(26)29-12-28-18)19(27-3)11-32-20-10-15(7-5-13(20)2)30-23(31)14-6-8-17(25)16(24)9-14/h5-10,12H,4,11H2,1-3H3,(H,30,31)(H2,26,28,29). The molecule has 0 aliphatic rings. The molecule has 9 heteroatoms. The lowest BCUT2D eigenvalue weighted by Gasteiger charge is -2.15. The third-order valence-corrected chi connectivity index (χ3v) is 5.13. The maximum absolute atomic E-state index is 13.4. The molecule has 0 unspecified atom stereocenters. The number of carbonyl (C=O) groups excluding carboxylic acids is 1. The first-order chi connectivity index (χ1) is 15.3. The van der Waals surface area contributed by atoms with Crippen molar-refractivity contribution in [3.8, 4) is 5.75 Å². The molecule has 0 radical (unpaired) electrons. The molecule has 32 heavy (non-hydrogen) atoms. The van der Waals surface area contributed by atoms with Crippen LogP contribution in [0.4, 0.5) is 15.9 Å². The highest BCUT2D eigenvalue weighted by molar-refractivity contribution is 6.31. The van der Waals surface area contributed by atoms with E-state index >= 15 is 0 Å². The number of aryl methyl sites for hydroxylation is 2. The largest absolute Gasteiger partial charge is 0.487 e. The highest BCUT2D eigenvalue weighted by atomic mass is 35.5. The quantitative estimate of drug-likeness (QED) is 0.511. The summed E-state index contributed by atoms with van der Waals surface area (Å²) in [5.41, 5.74) is 9.77. The van der Waals surface area contributed by atoms with Crippen LogP contribution in [-0.2, 0) is 6.42 Å². The van der Waals surface area contributed by atoms with E-state index in [2.05, 4.69) is 20.3 Å². The molecule has 1 amide bonds. The maximum Gasteiger partial charge on any atom is 0.255 e. The summed E-state index contributed by atoms with van der Waals surface area (Å²) in [4.78, 5) is 25.2. The zero-order valence-electron chi connectivity index (χ0n) is 17.9. The second-order valence-corrected chi connectivity index (χ2v) is 7.36. The number of halogens is 2. The second-order valence-electron chi connectivity index (χ2n) is 6.96. The van der Waals surface area contributed by atoms with E-state index in [0.29, 0.717) is 35.0 Å². The normalized spacial score (nSPS) is 11.3. The number of nitrogens with one attached hydrogen (secondary N) is 1. The number of nitrogen functional groups attached to an aromatic ring is 1. The fourth-order valence-corrected chi connectivity index (χ4v) is 3.27. The van der Waals surface area contributed by atoms with Gasteiger partial charge in [0.2, 0.25) is 0 Å². The van der Waals surface area contributed by atoms with E-state index in [9.17, 15) is 9.18 Å². The van der Waals surface area contributed by atoms with Crippen LogP contribution in [0.2, 0.25) is 5.02 Å². The van der Waals surface area contributed by atoms with Crippen molar-refractivity contribution >= 4 is 34.7 Å². The number of carbonyl (C=O) groups is 1. The highest BCUT2D eigenvalue weighted by Gasteiger charge is 2.16. The third kappa shape index (κ3) is 5.20. The minimum absolute atomic E-state index is 0.118. The molecule has 1 aromatic heterocycles. The number of aliphatic imine (C=N–C) groups is 1. The van der Waals surface area contributed by atoms with Gasteiger partial charge in [-0.05, 0) is 43.2 Å². The number of hydrogen-bond donors (Lipinski definition) is 2. The molecular weight excluding hydrogens is 433 g/mol. The monoisotopic (exact) mass is 455 g/mol. The van der Waals surface area contributed by atoms with Crippen molar-refractivity contribution in [3.63, 3.8) is 0 Å². The van der Waals surface area contributed by atoms with E-state index in [1.165, 1.54) is 18.5 Å². The summed E-state index contributed by atoms with van der Waals surface area (Å²) in [6.45, 7) is 4.01. The maximum atomic E-state index is 13.4. The first kappa shape index (κ1) is 23.1. The van der Waals surface area contributed by atoms with Crippen molar-refractivity contribution in [2.45, 2.75) is 20.3 Å². The molecule has 0 atom stereocenters. The van der Waals surface area contributed by atoms with Crippen molar-refractivity contribution in [3.05, 3.63) is 75.9 Å². The fourth-order valence-electron chi connectivity index (χ4n) is 3.09. The second kappa shape index (κ2) is 10.2. The average Bonchev–Trinajstić information content (AvgIpc) is 2.78. The van der Waals surface area contributed by atoms with Crippen LogP contribution in [0.3, 0.4) is 0 Å². The summed E-state index contributed by atoms with van der Waals surface area (Å²) in [7, 11) is 1.65. The summed E-state index contributed by atoms with van der Waals surface area (Å²) in [5, 5.41) is 2.64. The average molecular weight is 456 g/mol.